The van der Waals surface area contributed by atoms with Crippen LogP contribution in [-0.4, -0.2) is 47.6 Å². The fraction of sp³-hybridized carbons (Fsp3) is 0.571. The second-order valence-electron chi connectivity index (χ2n) is 5.13. The molecule has 2 atom stereocenters. The van der Waals surface area contributed by atoms with E-state index in [0.29, 0.717) is 18.7 Å². The van der Waals surface area contributed by atoms with Crippen LogP contribution < -0.4 is 5.32 Å². The fourth-order valence-electron chi connectivity index (χ4n) is 2.80. The minimum Gasteiger partial charge on any atom is -0.371 e. The number of morpholine rings is 1. The summed E-state index contributed by atoms with van der Waals surface area (Å²) in [5, 5.41) is 3.13. The van der Waals surface area contributed by atoms with Crippen molar-refractivity contribution in [3.05, 3.63) is 23.9 Å². The summed E-state index contributed by atoms with van der Waals surface area (Å²) in [6.07, 6.45) is 4.30. The normalized spacial score (nSPS) is 25.4. The van der Waals surface area contributed by atoms with Crippen LogP contribution in [-0.2, 0) is 4.74 Å². The third kappa shape index (κ3) is 2.56. The van der Waals surface area contributed by atoms with E-state index >= 15 is 0 Å². The van der Waals surface area contributed by atoms with E-state index in [9.17, 15) is 4.79 Å². The molecule has 1 amide bonds. The van der Waals surface area contributed by atoms with Gasteiger partial charge in [-0.3, -0.25) is 4.79 Å². The number of ether oxygens (including phenoxy) is 1. The van der Waals surface area contributed by atoms with Crippen molar-refractivity contribution in [3.8, 4) is 0 Å². The van der Waals surface area contributed by atoms with Gasteiger partial charge in [-0.15, -0.1) is 0 Å². The lowest BCUT2D eigenvalue weighted by molar-refractivity contribution is -0.0303. The highest BCUT2D eigenvalue weighted by atomic mass is 16.5. The molecule has 2 saturated heterocycles. The van der Waals surface area contributed by atoms with Crippen molar-refractivity contribution in [3.63, 3.8) is 0 Å². The van der Waals surface area contributed by atoms with Crippen LogP contribution in [0.1, 0.15) is 30.1 Å². The molecule has 0 spiro atoms. The maximum absolute atomic E-state index is 12.5. The topological polar surface area (TPSA) is 54.5 Å². The van der Waals surface area contributed by atoms with E-state index in [0.717, 1.165) is 25.2 Å². The Hall–Kier alpha value is -1.62. The number of amides is 1. The van der Waals surface area contributed by atoms with Crippen molar-refractivity contribution in [1.82, 2.24) is 9.88 Å². The molecular formula is C14H19N3O2. The number of rotatable bonds is 3. The van der Waals surface area contributed by atoms with Crippen LogP contribution in [0.25, 0.3) is 0 Å². The van der Waals surface area contributed by atoms with Crippen LogP contribution in [0.4, 0.5) is 5.82 Å². The number of carbonyl (C=O) groups excluding carboxylic acids is 1. The van der Waals surface area contributed by atoms with Gasteiger partial charge in [-0.2, -0.15) is 0 Å². The zero-order chi connectivity index (χ0) is 13.2. The first-order valence-electron chi connectivity index (χ1n) is 6.91. The Bertz CT molecular complexity index is 466. The predicted molar refractivity (Wildman–Crippen MR) is 72.2 cm³/mol. The maximum Gasteiger partial charge on any atom is 0.254 e. The van der Waals surface area contributed by atoms with Crippen LogP contribution in [0.5, 0.6) is 0 Å². The summed E-state index contributed by atoms with van der Waals surface area (Å²) >= 11 is 0. The second-order valence-corrected chi connectivity index (χ2v) is 5.13. The highest BCUT2D eigenvalue weighted by Gasteiger charge is 2.35. The summed E-state index contributed by atoms with van der Waals surface area (Å²) in [4.78, 5) is 18.6. The van der Waals surface area contributed by atoms with E-state index in [1.165, 1.54) is 0 Å². The molecule has 2 bridgehead atoms. The van der Waals surface area contributed by atoms with Crippen molar-refractivity contribution < 1.29 is 9.53 Å². The van der Waals surface area contributed by atoms with Gasteiger partial charge >= 0.3 is 0 Å². The van der Waals surface area contributed by atoms with Gasteiger partial charge in [0.15, 0.2) is 0 Å². The van der Waals surface area contributed by atoms with Gasteiger partial charge in [-0.05, 0) is 31.9 Å². The van der Waals surface area contributed by atoms with Gasteiger partial charge in [0.05, 0.1) is 12.2 Å². The number of anilines is 1. The van der Waals surface area contributed by atoms with E-state index in [1.54, 1.807) is 12.3 Å². The molecule has 1 N–H and O–H groups in total. The SMILES string of the molecule is CCNc1cc(C(=O)N2CC3CCC(C2)O3)ccn1. The highest BCUT2D eigenvalue weighted by molar-refractivity contribution is 5.95. The molecule has 19 heavy (non-hydrogen) atoms. The molecule has 1 aromatic rings. The van der Waals surface area contributed by atoms with E-state index in [4.69, 9.17) is 4.74 Å². The molecule has 0 aliphatic carbocycles. The molecule has 2 aliphatic rings. The van der Waals surface area contributed by atoms with Crippen LogP contribution in [0.3, 0.4) is 0 Å². The Morgan fingerprint density at radius 2 is 2.21 bits per heavy atom. The van der Waals surface area contributed by atoms with Gasteiger partial charge in [-0.1, -0.05) is 0 Å². The van der Waals surface area contributed by atoms with Crippen molar-refractivity contribution >= 4 is 11.7 Å². The number of aromatic nitrogens is 1. The summed E-state index contributed by atoms with van der Waals surface area (Å²) < 4.78 is 5.76. The first-order valence-corrected chi connectivity index (χ1v) is 6.91. The number of carbonyl (C=O) groups is 1. The van der Waals surface area contributed by atoms with Crippen LogP contribution in [0.15, 0.2) is 18.3 Å². The molecule has 0 saturated carbocycles. The van der Waals surface area contributed by atoms with E-state index < -0.39 is 0 Å². The number of nitrogens with zero attached hydrogens (tertiary/aromatic N) is 2. The Morgan fingerprint density at radius 3 is 2.89 bits per heavy atom. The van der Waals surface area contributed by atoms with E-state index in [1.807, 2.05) is 17.9 Å². The standard InChI is InChI=1S/C14H19N3O2/c1-2-15-13-7-10(5-6-16-13)14(18)17-8-11-3-4-12(9-17)19-11/h5-7,11-12H,2-4,8-9H2,1H3,(H,15,16). The second kappa shape index (κ2) is 5.17. The van der Waals surface area contributed by atoms with Gasteiger partial charge in [0.25, 0.3) is 5.91 Å². The molecular weight excluding hydrogens is 242 g/mol. The van der Waals surface area contributed by atoms with Crippen molar-refractivity contribution in [2.75, 3.05) is 25.0 Å². The van der Waals surface area contributed by atoms with Crippen molar-refractivity contribution in [1.29, 1.82) is 0 Å². The van der Waals surface area contributed by atoms with Gasteiger partial charge < -0.3 is 15.0 Å². The fourth-order valence-corrected chi connectivity index (χ4v) is 2.80. The minimum atomic E-state index is 0.0850. The predicted octanol–water partition coefficient (Wildman–Crippen LogP) is 1.52. The lowest BCUT2D eigenvalue weighted by Gasteiger charge is -2.32. The summed E-state index contributed by atoms with van der Waals surface area (Å²) in [5.41, 5.74) is 0.701. The van der Waals surface area contributed by atoms with Gasteiger partial charge in [0.1, 0.15) is 5.82 Å². The van der Waals surface area contributed by atoms with Gasteiger partial charge in [0, 0.05) is 31.4 Å². The van der Waals surface area contributed by atoms with Crippen LogP contribution in [0, 0.1) is 0 Å². The number of hydrogen-bond acceptors (Lipinski definition) is 4. The van der Waals surface area contributed by atoms with Crippen LogP contribution >= 0.6 is 0 Å². The first kappa shape index (κ1) is 12.4. The zero-order valence-electron chi connectivity index (χ0n) is 11.1. The molecule has 3 rings (SSSR count). The monoisotopic (exact) mass is 261 g/mol. The Morgan fingerprint density at radius 1 is 1.47 bits per heavy atom. The molecule has 2 aliphatic heterocycles. The molecule has 0 aromatic carbocycles. The first-order chi connectivity index (χ1) is 9.26. The quantitative estimate of drug-likeness (QED) is 0.896. The summed E-state index contributed by atoms with van der Waals surface area (Å²) in [7, 11) is 0. The smallest absolute Gasteiger partial charge is 0.254 e. The minimum absolute atomic E-state index is 0.0850. The average molecular weight is 261 g/mol. The number of pyridine rings is 1. The summed E-state index contributed by atoms with van der Waals surface area (Å²) in [5.74, 6) is 0.839. The number of fused-ring (bicyclic) bond motifs is 2. The van der Waals surface area contributed by atoms with Gasteiger partial charge in [-0.25, -0.2) is 4.98 Å². The largest absolute Gasteiger partial charge is 0.371 e. The molecule has 5 heteroatoms. The molecule has 1 aromatic heterocycles. The van der Waals surface area contributed by atoms with E-state index in [2.05, 4.69) is 10.3 Å². The molecule has 2 unspecified atom stereocenters. The van der Waals surface area contributed by atoms with Crippen molar-refractivity contribution in [2.45, 2.75) is 32.0 Å². The third-order valence-electron chi connectivity index (χ3n) is 3.70. The summed E-state index contributed by atoms with van der Waals surface area (Å²) in [6, 6.07) is 3.60. The third-order valence-corrected chi connectivity index (χ3v) is 3.70. The number of likely N-dealkylation sites (tertiary alicyclic amines) is 1. The molecule has 2 fully saturated rings. The number of nitrogens with one attached hydrogen (secondary N) is 1. The average Bonchev–Trinajstić information content (AvgIpc) is 2.77. The molecule has 5 nitrogen and oxygen atoms in total. The van der Waals surface area contributed by atoms with Crippen molar-refractivity contribution in [2.24, 2.45) is 0 Å². The maximum atomic E-state index is 12.5. The molecule has 102 valence electrons. The molecule has 0 radical (unpaired) electrons. The Balaban J connectivity index is 1.74. The number of hydrogen-bond donors (Lipinski definition) is 1. The lowest BCUT2D eigenvalue weighted by Crippen LogP contribution is -2.45. The summed E-state index contributed by atoms with van der Waals surface area (Å²) in [6.45, 7) is 4.24. The van der Waals surface area contributed by atoms with E-state index in [-0.39, 0.29) is 18.1 Å². The Labute approximate surface area is 113 Å². The zero-order valence-corrected chi connectivity index (χ0v) is 11.1. The van der Waals surface area contributed by atoms with Gasteiger partial charge in [0.2, 0.25) is 0 Å². The Kier molecular flexibility index (Phi) is 3.38. The molecule has 3 heterocycles. The van der Waals surface area contributed by atoms with Crippen LogP contribution in [0.2, 0.25) is 0 Å². The highest BCUT2D eigenvalue weighted by Crippen LogP contribution is 2.27. The lowest BCUT2D eigenvalue weighted by atomic mass is 10.2.